The van der Waals surface area contributed by atoms with Crippen LogP contribution >= 0.6 is 0 Å². The largest absolute Gasteiger partial charge is 0.497 e. The molecule has 4 aromatic rings. The van der Waals surface area contributed by atoms with Gasteiger partial charge in [0.2, 0.25) is 11.8 Å². The number of halogens is 1. The molecule has 1 aliphatic heterocycles. The van der Waals surface area contributed by atoms with Crippen molar-refractivity contribution < 1.29 is 18.7 Å². The molecule has 1 saturated heterocycles. The summed E-state index contributed by atoms with van der Waals surface area (Å²) in [5.74, 6) is 0.368. The molecule has 1 aromatic heterocycles. The first-order valence-corrected chi connectivity index (χ1v) is 12.0. The lowest BCUT2D eigenvalue weighted by Crippen LogP contribution is -2.52. The fraction of sp³-hybridized carbons (Fsp3) is 0.172. The zero-order chi connectivity index (χ0) is 26.6. The Morgan fingerprint density at radius 1 is 1.05 bits per heavy atom. The number of amides is 2. The molecule has 0 radical (unpaired) electrons. The number of benzene rings is 3. The topological polar surface area (TPSA) is 91.5 Å². The Bertz CT molecular complexity index is 1520. The van der Waals surface area contributed by atoms with E-state index in [2.05, 4.69) is 6.07 Å². The zero-order valence-electron chi connectivity index (χ0n) is 20.7. The van der Waals surface area contributed by atoms with Crippen LogP contribution in [0.4, 0.5) is 10.1 Å². The standard InChI is InChI=1S/C29H24FN5O3/c1-38-25-11-5-21(6-12-25)26-18-35(23-9-7-22(30)8-10-23)27(32-26)16-28(36)33-13-14-34(29(37)19-33)24-4-2-3-20(15-24)17-31/h2-12,15,18H,13-14,16,19H2,1H3. The van der Waals surface area contributed by atoms with E-state index in [-0.39, 0.29) is 30.6 Å². The lowest BCUT2D eigenvalue weighted by molar-refractivity contribution is -0.136. The predicted molar refractivity (Wildman–Crippen MR) is 139 cm³/mol. The third-order valence-electron chi connectivity index (χ3n) is 6.44. The Hall–Kier alpha value is -4.97. The summed E-state index contributed by atoms with van der Waals surface area (Å²) in [4.78, 5) is 34.0. The van der Waals surface area contributed by atoms with Crippen molar-refractivity contribution in [1.82, 2.24) is 14.5 Å². The highest BCUT2D eigenvalue weighted by atomic mass is 19.1. The number of rotatable bonds is 6. The number of nitrogens with zero attached hydrogens (tertiary/aromatic N) is 5. The van der Waals surface area contributed by atoms with Crippen molar-refractivity contribution in [1.29, 1.82) is 5.26 Å². The number of nitriles is 1. The van der Waals surface area contributed by atoms with Gasteiger partial charge in [-0.25, -0.2) is 9.37 Å². The van der Waals surface area contributed by atoms with Crippen molar-refractivity contribution in [2.24, 2.45) is 0 Å². The molecule has 8 nitrogen and oxygen atoms in total. The number of hydrogen-bond donors (Lipinski definition) is 0. The molecule has 0 bridgehead atoms. The summed E-state index contributed by atoms with van der Waals surface area (Å²) in [7, 11) is 1.59. The summed E-state index contributed by atoms with van der Waals surface area (Å²) in [6, 6.07) is 22.3. The minimum Gasteiger partial charge on any atom is -0.497 e. The molecule has 3 aromatic carbocycles. The molecule has 2 amide bonds. The van der Waals surface area contributed by atoms with E-state index in [4.69, 9.17) is 15.0 Å². The van der Waals surface area contributed by atoms with Crippen LogP contribution in [-0.2, 0) is 16.0 Å². The van der Waals surface area contributed by atoms with Crippen molar-refractivity contribution in [2.45, 2.75) is 6.42 Å². The Kier molecular flexibility index (Phi) is 6.87. The van der Waals surface area contributed by atoms with Gasteiger partial charge in [-0.2, -0.15) is 5.26 Å². The molecule has 0 spiro atoms. The number of carbonyl (C=O) groups is 2. The molecule has 9 heteroatoms. The quantitative estimate of drug-likeness (QED) is 0.392. The van der Waals surface area contributed by atoms with Gasteiger partial charge in [-0.1, -0.05) is 6.07 Å². The van der Waals surface area contributed by atoms with Gasteiger partial charge >= 0.3 is 0 Å². The average Bonchev–Trinajstić information content (AvgIpc) is 3.37. The highest BCUT2D eigenvalue weighted by Gasteiger charge is 2.29. The molecule has 190 valence electrons. The lowest BCUT2D eigenvalue weighted by atomic mass is 10.1. The second kappa shape index (κ2) is 10.6. The van der Waals surface area contributed by atoms with Crippen LogP contribution in [0.15, 0.2) is 79.0 Å². The van der Waals surface area contributed by atoms with E-state index in [1.165, 1.54) is 17.0 Å². The second-order valence-corrected chi connectivity index (χ2v) is 8.82. The number of ether oxygens (including phenoxy) is 1. The van der Waals surface area contributed by atoms with Gasteiger partial charge < -0.3 is 19.1 Å². The van der Waals surface area contributed by atoms with Crippen LogP contribution in [0.1, 0.15) is 11.4 Å². The first kappa shape index (κ1) is 24.7. The first-order valence-electron chi connectivity index (χ1n) is 12.0. The van der Waals surface area contributed by atoms with Crippen LogP contribution in [0.5, 0.6) is 5.75 Å². The lowest BCUT2D eigenvalue weighted by Gasteiger charge is -2.34. The van der Waals surface area contributed by atoms with E-state index >= 15 is 0 Å². The minimum atomic E-state index is -0.362. The Labute approximate surface area is 219 Å². The molecule has 1 aliphatic rings. The maximum atomic E-state index is 13.6. The van der Waals surface area contributed by atoms with Gasteiger partial charge in [0.05, 0.1) is 30.9 Å². The summed E-state index contributed by atoms with van der Waals surface area (Å²) in [6.07, 6.45) is 1.77. The van der Waals surface area contributed by atoms with Gasteiger partial charge in [-0.05, 0) is 66.7 Å². The van der Waals surface area contributed by atoms with Gasteiger partial charge in [-0.15, -0.1) is 0 Å². The van der Waals surface area contributed by atoms with Crippen LogP contribution in [0.2, 0.25) is 0 Å². The Balaban J connectivity index is 1.37. The van der Waals surface area contributed by atoms with Crippen LogP contribution in [0.25, 0.3) is 16.9 Å². The van der Waals surface area contributed by atoms with E-state index < -0.39 is 0 Å². The number of carbonyl (C=O) groups excluding carboxylic acids is 2. The van der Waals surface area contributed by atoms with Crippen molar-refractivity contribution >= 4 is 17.5 Å². The first-order chi connectivity index (χ1) is 18.4. The van der Waals surface area contributed by atoms with Gasteiger partial charge in [0.1, 0.15) is 23.9 Å². The second-order valence-electron chi connectivity index (χ2n) is 8.82. The van der Waals surface area contributed by atoms with Gasteiger partial charge in [-0.3, -0.25) is 9.59 Å². The van der Waals surface area contributed by atoms with Gasteiger partial charge in [0.15, 0.2) is 0 Å². The van der Waals surface area contributed by atoms with Crippen molar-refractivity contribution in [3.63, 3.8) is 0 Å². The molecular formula is C29H24FN5O3. The van der Waals surface area contributed by atoms with E-state index in [9.17, 15) is 14.0 Å². The van der Waals surface area contributed by atoms with E-state index in [0.717, 1.165) is 5.56 Å². The van der Waals surface area contributed by atoms with Crippen LogP contribution in [-0.4, -0.2) is 53.0 Å². The van der Waals surface area contributed by atoms with Gasteiger partial charge in [0, 0.05) is 36.2 Å². The maximum absolute atomic E-state index is 13.6. The van der Waals surface area contributed by atoms with Crippen molar-refractivity contribution in [3.05, 3.63) is 96.2 Å². The predicted octanol–water partition coefficient (Wildman–Crippen LogP) is 3.98. The van der Waals surface area contributed by atoms with Crippen molar-refractivity contribution in [3.8, 4) is 28.8 Å². The normalized spacial score (nSPS) is 13.3. The summed E-state index contributed by atoms with van der Waals surface area (Å²) < 4.78 is 20.6. The molecule has 0 atom stereocenters. The SMILES string of the molecule is COc1ccc(-c2cn(-c3ccc(F)cc3)c(CC(=O)N3CCN(c4cccc(C#N)c4)C(=O)C3)n2)cc1. The number of hydrogen-bond acceptors (Lipinski definition) is 5. The number of piperazine rings is 1. The zero-order valence-corrected chi connectivity index (χ0v) is 20.7. The fourth-order valence-electron chi connectivity index (χ4n) is 4.42. The monoisotopic (exact) mass is 509 g/mol. The highest BCUT2D eigenvalue weighted by Crippen LogP contribution is 2.25. The number of anilines is 1. The molecule has 5 rings (SSSR count). The molecular weight excluding hydrogens is 485 g/mol. The molecule has 0 aliphatic carbocycles. The summed E-state index contributed by atoms with van der Waals surface area (Å²) in [5.41, 5.74) is 3.26. The summed E-state index contributed by atoms with van der Waals surface area (Å²) in [6.45, 7) is 0.602. The third-order valence-corrected chi connectivity index (χ3v) is 6.44. The van der Waals surface area contributed by atoms with Gasteiger partial charge in [0.25, 0.3) is 0 Å². The molecule has 0 unspecified atom stereocenters. The van der Waals surface area contributed by atoms with Crippen LogP contribution < -0.4 is 9.64 Å². The fourth-order valence-corrected chi connectivity index (χ4v) is 4.42. The molecule has 1 fully saturated rings. The summed E-state index contributed by atoms with van der Waals surface area (Å²) >= 11 is 0. The Morgan fingerprint density at radius 2 is 1.82 bits per heavy atom. The van der Waals surface area contributed by atoms with E-state index in [0.29, 0.717) is 47.3 Å². The van der Waals surface area contributed by atoms with E-state index in [1.807, 2.05) is 30.5 Å². The number of aromatic nitrogens is 2. The third kappa shape index (κ3) is 5.11. The van der Waals surface area contributed by atoms with E-state index in [1.54, 1.807) is 53.0 Å². The molecule has 0 N–H and O–H groups in total. The highest BCUT2D eigenvalue weighted by molar-refractivity contribution is 5.98. The number of imidazole rings is 1. The maximum Gasteiger partial charge on any atom is 0.246 e. The summed E-state index contributed by atoms with van der Waals surface area (Å²) in [5, 5.41) is 9.16. The molecule has 0 saturated carbocycles. The Morgan fingerprint density at radius 3 is 2.50 bits per heavy atom. The van der Waals surface area contributed by atoms with Crippen LogP contribution in [0.3, 0.4) is 0 Å². The number of methoxy groups -OCH3 is 1. The smallest absolute Gasteiger partial charge is 0.246 e. The van der Waals surface area contributed by atoms with Crippen molar-refractivity contribution in [2.75, 3.05) is 31.6 Å². The van der Waals surface area contributed by atoms with Crippen LogP contribution in [0, 0.1) is 17.1 Å². The molecule has 38 heavy (non-hydrogen) atoms. The average molecular weight is 510 g/mol. The molecule has 2 heterocycles. The minimum absolute atomic E-state index is 0.0370.